The monoisotopic (exact) mass is 344 g/mol. The van der Waals surface area contributed by atoms with Crippen LogP contribution in [0.15, 0.2) is 60.9 Å². The lowest BCUT2D eigenvalue weighted by molar-refractivity contribution is 0.209. The van der Waals surface area contributed by atoms with Gasteiger partial charge in [0.2, 0.25) is 0 Å². The molecule has 3 rings (SSSR count). The Labute approximate surface area is 141 Å². The summed E-state index contributed by atoms with van der Waals surface area (Å²) < 4.78 is 26.7. The second kappa shape index (κ2) is 7.31. The van der Waals surface area contributed by atoms with Crippen LogP contribution in [-0.4, -0.2) is 22.8 Å². The maximum atomic E-state index is 13.6. The van der Waals surface area contributed by atoms with Crippen molar-refractivity contribution in [2.45, 2.75) is 19.6 Å². The van der Waals surface area contributed by atoms with Crippen molar-refractivity contribution in [3.8, 4) is 0 Å². The highest BCUT2D eigenvalue weighted by Crippen LogP contribution is 2.61. The molecule has 24 heavy (non-hydrogen) atoms. The third-order valence-electron chi connectivity index (χ3n) is 3.76. The van der Waals surface area contributed by atoms with Gasteiger partial charge in [-0.2, -0.15) is 0 Å². The Morgan fingerprint density at radius 3 is 2.29 bits per heavy atom. The maximum Gasteiger partial charge on any atom is 0.357 e. The number of hydrogen-bond donors (Lipinski definition) is 0. The van der Waals surface area contributed by atoms with E-state index in [1.165, 1.54) is 0 Å². The Kier molecular flexibility index (Phi) is 5.14. The Balaban J connectivity index is 2.21. The number of aromatic nitrogens is 2. The molecule has 0 N–H and O–H groups in total. The summed E-state index contributed by atoms with van der Waals surface area (Å²) in [7, 11) is -3.42. The Hall–Kier alpha value is -1.94. The topological polar surface area (TPSA) is 53.4 Å². The van der Waals surface area contributed by atoms with E-state index in [9.17, 15) is 4.57 Å². The summed E-state index contributed by atoms with van der Waals surface area (Å²) in [5.41, 5.74) is 2.61. The van der Waals surface area contributed by atoms with Crippen molar-refractivity contribution < 1.29 is 13.6 Å². The highest BCUT2D eigenvalue weighted by Gasteiger charge is 2.39. The fourth-order valence-electron chi connectivity index (χ4n) is 2.83. The highest BCUT2D eigenvalue weighted by molar-refractivity contribution is 7.54. The summed E-state index contributed by atoms with van der Waals surface area (Å²) in [5.74, 6) is -0.578. The van der Waals surface area contributed by atoms with Gasteiger partial charge in [-0.1, -0.05) is 42.5 Å². The molecule has 0 spiro atoms. The summed E-state index contributed by atoms with van der Waals surface area (Å²) in [6.07, 6.45) is 1.70. The summed E-state index contributed by atoms with van der Waals surface area (Å²) >= 11 is 0. The van der Waals surface area contributed by atoms with Crippen LogP contribution in [0, 0.1) is 0 Å². The van der Waals surface area contributed by atoms with E-state index in [4.69, 9.17) is 9.05 Å². The van der Waals surface area contributed by atoms with Gasteiger partial charge in [-0.3, -0.25) is 4.57 Å². The molecule has 1 unspecified atom stereocenters. The molecule has 1 atom stereocenters. The van der Waals surface area contributed by atoms with Crippen molar-refractivity contribution >= 4 is 18.6 Å². The molecule has 126 valence electrons. The van der Waals surface area contributed by atoms with E-state index in [0.29, 0.717) is 13.2 Å². The van der Waals surface area contributed by atoms with Crippen molar-refractivity contribution in [3.63, 3.8) is 0 Å². The quantitative estimate of drug-likeness (QED) is 0.575. The van der Waals surface area contributed by atoms with Crippen molar-refractivity contribution in [2.24, 2.45) is 0 Å². The van der Waals surface area contributed by atoms with E-state index in [1.807, 2.05) is 73.0 Å². The zero-order chi connectivity index (χ0) is 17.0. The first-order valence-corrected chi connectivity index (χ1v) is 9.66. The summed E-state index contributed by atoms with van der Waals surface area (Å²) in [6.45, 7) is 4.26. The molecular formula is C18H21N2O3P. The molecule has 2 aromatic carbocycles. The zero-order valence-electron chi connectivity index (χ0n) is 13.8. The molecule has 0 bridgehead atoms. The van der Waals surface area contributed by atoms with E-state index >= 15 is 0 Å². The van der Waals surface area contributed by atoms with Crippen molar-refractivity contribution in [1.29, 1.82) is 0 Å². The molecule has 0 aliphatic rings. The molecule has 0 aliphatic carbocycles. The van der Waals surface area contributed by atoms with Crippen LogP contribution >= 0.6 is 7.60 Å². The van der Waals surface area contributed by atoms with E-state index in [0.717, 1.165) is 16.6 Å². The van der Waals surface area contributed by atoms with Crippen molar-refractivity contribution in [3.05, 3.63) is 66.5 Å². The molecule has 0 saturated heterocycles. The highest BCUT2D eigenvalue weighted by atomic mass is 31.2. The second-order valence-corrected chi connectivity index (χ2v) is 7.39. The first-order valence-electron chi connectivity index (χ1n) is 8.05. The SMILES string of the molecule is CCOP(=O)(OCC)C(c1ccccc1)n1cnc2ccccc21. The Bertz CT molecular complexity index is 838. The minimum Gasteiger partial charge on any atom is -0.311 e. The number of rotatable bonds is 7. The molecule has 5 nitrogen and oxygen atoms in total. The van der Waals surface area contributed by atoms with Gasteiger partial charge in [0.25, 0.3) is 0 Å². The number of hydrogen-bond acceptors (Lipinski definition) is 4. The van der Waals surface area contributed by atoms with Crippen LogP contribution in [0.4, 0.5) is 0 Å². The van der Waals surface area contributed by atoms with Gasteiger partial charge in [0.05, 0.1) is 30.6 Å². The van der Waals surface area contributed by atoms with Crippen LogP contribution in [0.3, 0.4) is 0 Å². The normalized spacial score (nSPS) is 13.2. The van der Waals surface area contributed by atoms with Crippen molar-refractivity contribution in [1.82, 2.24) is 9.55 Å². The molecule has 1 heterocycles. The average Bonchev–Trinajstić information content (AvgIpc) is 3.00. The Morgan fingerprint density at radius 2 is 1.62 bits per heavy atom. The predicted octanol–water partition coefficient (Wildman–Crippen LogP) is 4.85. The van der Waals surface area contributed by atoms with Crippen LogP contribution in [0.2, 0.25) is 0 Å². The van der Waals surface area contributed by atoms with Gasteiger partial charge in [0.1, 0.15) is 0 Å². The maximum absolute atomic E-state index is 13.6. The fraction of sp³-hybridized carbons (Fsp3) is 0.278. The molecule has 0 aliphatic heterocycles. The summed E-state index contributed by atoms with van der Waals surface area (Å²) in [5, 5.41) is 0. The number of benzene rings is 2. The first-order chi connectivity index (χ1) is 11.7. The van der Waals surface area contributed by atoms with E-state index in [2.05, 4.69) is 4.98 Å². The summed E-state index contributed by atoms with van der Waals surface area (Å²) in [6, 6.07) is 17.4. The van der Waals surface area contributed by atoms with Crippen LogP contribution < -0.4 is 0 Å². The van der Waals surface area contributed by atoms with Crippen molar-refractivity contribution in [2.75, 3.05) is 13.2 Å². The van der Waals surface area contributed by atoms with Crippen LogP contribution in [0.25, 0.3) is 11.0 Å². The minimum absolute atomic E-state index is 0.313. The lowest BCUT2D eigenvalue weighted by Gasteiger charge is -2.28. The van der Waals surface area contributed by atoms with Gasteiger partial charge >= 0.3 is 7.60 Å². The van der Waals surface area contributed by atoms with Gasteiger partial charge in [0.15, 0.2) is 5.78 Å². The van der Waals surface area contributed by atoms with Gasteiger partial charge in [-0.15, -0.1) is 0 Å². The number of fused-ring (bicyclic) bond motifs is 1. The number of imidazole rings is 1. The third-order valence-corrected chi connectivity index (χ3v) is 6.14. The largest absolute Gasteiger partial charge is 0.357 e. The van der Waals surface area contributed by atoms with Crippen LogP contribution in [-0.2, 0) is 13.6 Å². The number of para-hydroxylation sites is 2. The standard InChI is InChI=1S/C18H21N2O3P/c1-3-22-24(21,23-4-2)18(15-10-6-5-7-11-15)20-14-19-16-12-8-9-13-17(16)20/h5-14,18H,3-4H2,1-2H3. The summed E-state index contributed by atoms with van der Waals surface area (Å²) in [4.78, 5) is 4.43. The molecular weight excluding hydrogens is 323 g/mol. The molecule has 6 heteroatoms. The smallest absolute Gasteiger partial charge is 0.311 e. The zero-order valence-corrected chi connectivity index (χ0v) is 14.7. The average molecular weight is 344 g/mol. The lowest BCUT2D eigenvalue weighted by Crippen LogP contribution is -2.14. The van der Waals surface area contributed by atoms with Gasteiger partial charge in [0, 0.05) is 0 Å². The molecule has 0 radical (unpaired) electrons. The van der Waals surface area contributed by atoms with Gasteiger partial charge in [-0.25, -0.2) is 4.98 Å². The van der Waals surface area contributed by atoms with Crippen LogP contribution in [0.5, 0.6) is 0 Å². The van der Waals surface area contributed by atoms with E-state index in [-0.39, 0.29) is 0 Å². The molecule has 0 amide bonds. The van der Waals surface area contributed by atoms with E-state index in [1.54, 1.807) is 6.33 Å². The molecule has 0 saturated carbocycles. The lowest BCUT2D eigenvalue weighted by atomic mass is 10.2. The van der Waals surface area contributed by atoms with E-state index < -0.39 is 13.4 Å². The van der Waals surface area contributed by atoms with Gasteiger partial charge in [-0.05, 0) is 31.5 Å². The third kappa shape index (κ3) is 3.16. The number of nitrogens with zero attached hydrogens (tertiary/aromatic N) is 2. The minimum atomic E-state index is -3.42. The second-order valence-electron chi connectivity index (χ2n) is 5.30. The first kappa shape index (κ1) is 16.9. The predicted molar refractivity (Wildman–Crippen MR) is 95.2 cm³/mol. The van der Waals surface area contributed by atoms with Crippen LogP contribution in [0.1, 0.15) is 25.2 Å². The fourth-order valence-corrected chi connectivity index (χ4v) is 4.93. The molecule has 0 fully saturated rings. The molecule has 3 aromatic rings. The molecule has 1 aromatic heterocycles. The Morgan fingerprint density at radius 1 is 1.00 bits per heavy atom. The van der Waals surface area contributed by atoms with Gasteiger partial charge < -0.3 is 13.6 Å².